The summed E-state index contributed by atoms with van der Waals surface area (Å²) in [4.78, 5) is 22.8. The van der Waals surface area contributed by atoms with Gasteiger partial charge in [0.15, 0.2) is 5.16 Å². The molecule has 0 spiro atoms. The second-order valence-corrected chi connectivity index (χ2v) is 8.13. The van der Waals surface area contributed by atoms with E-state index in [1.165, 1.54) is 7.05 Å². The Balaban J connectivity index is 2.27. The number of hydrogen-bond donors (Lipinski definition) is 1. The van der Waals surface area contributed by atoms with Crippen molar-refractivity contribution in [2.75, 3.05) is 6.26 Å². The summed E-state index contributed by atoms with van der Waals surface area (Å²) in [5, 5.41) is 2.79. The number of hydrogen-bond acceptors (Lipinski definition) is 7. The number of carbonyl (C=O) groups is 1. The number of nitrogens with zero attached hydrogens (tertiary/aromatic N) is 3. The van der Waals surface area contributed by atoms with Crippen molar-refractivity contribution in [1.29, 1.82) is 0 Å². The normalized spacial score (nSPS) is 12.3. The minimum atomic E-state index is -4.90. The molecule has 0 unspecified atom stereocenters. The molecule has 0 atom stereocenters. The predicted molar refractivity (Wildman–Crippen MR) is 89.4 cm³/mol. The zero-order valence-corrected chi connectivity index (χ0v) is 15.6. The Hall–Kier alpha value is -1.77. The van der Waals surface area contributed by atoms with Gasteiger partial charge in [-0.1, -0.05) is 23.9 Å². The van der Waals surface area contributed by atoms with Gasteiger partial charge in [0.05, 0.1) is 10.5 Å². The molecule has 14 heteroatoms. The molecular weight excluding hydrogens is 417 g/mol. The zero-order valence-electron chi connectivity index (χ0n) is 13.1. The van der Waals surface area contributed by atoms with Crippen LogP contribution in [0, 0.1) is 0 Å². The Morgan fingerprint density at radius 3 is 2.42 bits per heavy atom. The van der Waals surface area contributed by atoms with Gasteiger partial charge in [-0.3, -0.25) is 9.36 Å². The summed E-state index contributed by atoms with van der Waals surface area (Å²) in [5.74, 6) is 0. The fraction of sp³-hybridized carbons (Fsp3) is 0.250. The van der Waals surface area contributed by atoms with Gasteiger partial charge in [-0.15, -0.1) is 13.9 Å². The molecule has 0 saturated heterocycles. The first-order valence-electron chi connectivity index (χ1n) is 6.58. The van der Waals surface area contributed by atoms with Crippen molar-refractivity contribution in [3.05, 3.63) is 40.3 Å². The summed E-state index contributed by atoms with van der Waals surface area (Å²) in [6.07, 6.45) is -3.29. The van der Waals surface area contributed by atoms with E-state index in [1.54, 1.807) is 10.4 Å². The molecule has 0 aliphatic carbocycles. The molecule has 8 nitrogen and oxygen atoms in total. The van der Waals surface area contributed by atoms with E-state index in [-0.39, 0.29) is 17.1 Å². The summed E-state index contributed by atoms with van der Waals surface area (Å²) in [5.41, 5.74) is -2.19. The molecule has 1 aromatic heterocycles. The Kier molecular flexibility index (Phi) is 5.89. The van der Waals surface area contributed by atoms with Crippen LogP contribution in [0.2, 0.25) is 0 Å². The first kappa shape index (κ1) is 20.5. The van der Waals surface area contributed by atoms with Crippen LogP contribution in [-0.4, -0.2) is 34.3 Å². The Labute approximate surface area is 153 Å². The number of rotatable bonds is 4. The van der Waals surface area contributed by atoms with Crippen molar-refractivity contribution in [2.24, 2.45) is 7.05 Å². The van der Waals surface area contributed by atoms with Gasteiger partial charge in [0, 0.05) is 19.0 Å². The van der Waals surface area contributed by atoms with E-state index in [4.69, 9.17) is 0 Å². The van der Waals surface area contributed by atoms with E-state index in [1.807, 2.05) is 0 Å². The van der Waals surface area contributed by atoms with Gasteiger partial charge in [0.1, 0.15) is 0 Å². The number of thioether (sulfide) groups is 1. The lowest BCUT2D eigenvalue weighted by molar-refractivity contribution is -0.139. The Morgan fingerprint density at radius 2 is 1.88 bits per heavy atom. The minimum Gasteiger partial charge on any atom is -0.273 e. The Morgan fingerprint density at radius 1 is 1.27 bits per heavy atom. The van der Waals surface area contributed by atoms with Crippen molar-refractivity contribution >= 4 is 39.0 Å². The van der Waals surface area contributed by atoms with Crippen LogP contribution in [0.15, 0.2) is 39.1 Å². The highest BCUT2D eigenvalue weighted by Crippen LogP contribution is 2.34. The minimum absolute atomic E-state index is 0.0690. The van der Waals surface area contributed by atoms with E-state index in [0.29, 0.717) is 10.7 Å². The second-order valence-electron chi connectivity index (χ2n) is 4.69. The largest absolute Gasteiger partial charge is 0.417 e. The highest BCUT2D eigenvalue weighted by Gasteiger charge is 2.37. The van der Waals surface area contributed by atoms with Crippen molar-refractivity contribution in [3.8, 4) is 0 Å². The first-order valence-corrected chi connectivity index (χ1v) is 10.1. The highest BCUT2D eigenvalue weighted by molar-refractivity contribution is 8.19. The van der Waals surface area contributed by atoms with E-state index < -0.39 is 37.6 Å². The molecule has 0 radical (unpaired) electrons. The molecule has 1 aromatic carbocycles. The van der Waals surface area contributed by atoms with Gasteiger partial charge in [-0.05, 0) is 18.4 Å². The van der Waals surface area contributed by atoms with Gasteiger partial charge in [-0.25, -0.2) is 13.2 Å². The van der Waals surface area contributed by atoms with Gasteiger partial charge in [0.25, 0.3) is 10.0 Å². The topological polar surface area (TPSA) is 103 Å². The van der Waals surface area contributed by atoms with Crippen LogP contribution < -0.4 is 9.82 Å². The molecule has 2 rings (SSSR count). The molecule has 0 fully saturated rings. The lowest BCUT2D eigenvalue weighted by Gasteiger charge is -2.12. The van der Waals surface area contributed by atoms with Crippen molar-refractivity contribution in [3.63, 3.8) is 0 Å². The molecule has 2 aromatic rings. The molecule has 1 heterocycles. The fourth-order valence-electron chi connectivity index (χ4n) is 1.83. The van der Waals surface area contributed by atoms with Gasteiger partial charge < -0.3 is 0 Å². The number of carbonyl (C=O) groups excluding carboxylic acids is 1. The zero-order chi connectivity index (χ0) is 19.7. The first-order chi connectivity index (χ1) is 12.0. The number of halogens is 3. The molecule has 1 N–H and O–H groups in total. The van der Waals surface area contributed by atoms with E-state index >= 15 is 0 Å². The molecule has 0 amide bonds. The SMILES string of the molecule is CSc1nn(C(=O)SNS(=O)(=O)c2ccccc2C(F)(F)F)c(=O)n1C. The van der Waals surface area contributed by atoms with Gasteiger partial charge >= 0.3 is 17.1 Å². The third-order valence-corrected chi connectivity index (χ3v) is 6.23. The third-order valence-electron chi connectivity index (χ3n) is 3.02. The molecule has 142 valence electrons. The standard InChI is InChI=1S/C12H11F3N4O4S3/c1-18-9(24-2)16-19(10(18)20)11(21)25-17-26(22,23)8-6-4-3-5-7(8)12(13,14)15/h3-6,17H,1-2H3. The lowest BCUT2D eigenvalue weighted by atomic mass is 10.2. The number of sulfonamides is 1. The maximum Gasteiger partial charge on any atom is 0.417 e. The van der Waals surface area contributed by atoms with Crippen LogP contribution in [0.3, 0.4) is 0 Å². The predicted octanol–water partition coefficient (Wildman–Crippen LogP) is 1.92. The summed E-state index contributed by atoms with van der Waals surface area (Å²) in [7, 11) is -3.32. The smallest absolute Gasteiger partial charge is 0.273 e. The molecule has 0 bridgehead atoms. The quantitative estimate of drug-likeness (QED) is 0.586. The van der Waals surface area contributed by atoms with Crippen molar-refractivity contribution in [1.82, 2.24) is 18.5 Å². The van der Waals surface area contributed by atoms with E-state index in [2.05, 4.69) is 5.10 Å². The van der Waals surface area contributed by atoms with E-state index in [9.17, 15) is 31.2 Å². The summed E-state index contributed by atoms with van der Waals surface area (Å²) >= 11 is 1.01. The number of alkyl halides is 3. The molecule has 0 aliphatic heterocycles. The van der Waals surface area contributed by atoms with Gasteiger partial charge in [-0.2, -0.15) is 13.2 Å². The van der Waals surface area contributed by atoms with Gasteiger partial charge in [0.2, 0.25) is 0 Å². The maximum absolute atomic E-state index is 13.0. The van der Waals surface area contributed by atoms with Crippen LogP contribution >= 0.6 is 23.7 Å². The van der Waals surface area contributed by atoms with Crippen LogP contribution in [-0.2, 0) is 23.2 Å². The van der Waals surface area contributed by atoms with Crippen LogP contribution in [0.1, 0.15) is 5.56 Å². The van der Waals surface area contributed by atoms with Crippen LogP contribution in [0.25, 0.3) is 0 Å². The molecule has 0 saturated carbocycles. The monoisotopic (exact) mass is 428 g/mol. The second kappa shape index (κ2) is 7.46. The lowest BCUT2D eigenvalue weighted by Crippen LogP contribution is -2.30. The van der Waals surface area contributed by atoms with Crippen molar-refractivity contribution in [2.45, 2.75) is 16.2 Å². The summed E-state index contributed by atoms with van der Waals surface area (Å²) < 4.78 is 66.3. The molecular formula is C12H11F3N4O4S3. The fourth-order valence-corrected chi connectivity index (χ4v) is 4.36. The summed E-state index contributed by atoms with van der Waals surface area (Å²) in [6.45, 7) is 0. The number of benzene rings is 1. The van der Waals surface area contributed by atoms with Crippen LogP contribution in [0.4, 0.5) is 18.0 Å². The van der Waals surface area contributed by atoms with Crippen molar-refractivity contribution < 1.29 is 26.4 Å². The molecule has 26 heavy (non-hydrogen) atoms. The maximum atomic E-state index is 13.0. The van der Waals surface area contributed by atoms with Crippen LogP contribution in [0.5, 0.6) is 0 Å². The third kappa shape index (κ3) is 4.13. The molecule has 0 aliphatic rings. The summed E-state index contributed by atoms with van der Waals surface area (Å²) in [6, 6.07) is 3.52. The average molecular weight is 428 g/mol. The highest BCUT2D eigenvalue weighted by atomic mass is 32.3. The average Bonchev–Trinajstić information content (AvgIpc) is 2.87. The Bertz CT molecular complexity index is 998. The number of aromatic nitrogens is 3. The van der Waals surface area contributed by atoms with E-state index in [0.717, 1.165) is 34.5 Å². The number of nitrogens with one attached hydrogen (secondary N) is 1.